The molecule has 0 aromatic rings. The maximum Gasteiger partial charge on any atom is 0.0702 e. The van der Waals surface area contributed by atoms with Crippen molar-refractivity contribution in [2.24, 2.45) is 0 Å². The second kappa shape index (κ2) is 5.47. The summed E-state index contributed by atoms with van der Waals surface area (Å²) in [7, 11) is 0. The molecule has 14 heavy (non-hydrogen) atoms. The van der Waals surface area contributed by atoms with Gasteiger partial charge in [-0.15, -0.1) is 0 Å². The number of hydrogen-bond acceptors (Lipinski definition) is 2. The molecule has 0 aliphatic carbocycles. The Morgan fingerprint density at radius 1 is 1.14 bits per heavy atom. The minimum atomic E-state index is 0.524. The molecule has 0 spiro atoms. The van der Waals surface area contributed by atoms with E-state index in [9.17, 15) is 0 Å². The van der Waals surface area contributed by atoms with Gasteiger partial charge in [0.05, 0.1) is 6.10 Å². The lowest BCUT2D eigenvalue weighted by atomic mass is 10.1. The van der Waals surface area contributed by atoms with Gasteiger partial charge < -0.3 is 9.64 Å². The largest absolute Gasteiger partial charge is 0.377 e. The normalized spacial score (nSPS) is 31.9. The summed E-state index contributed by atoms with van der Waals surface area (Å²) in [4.78, 5) is 3.32. The molecule has 2 aliphatic heterocycles. The van der Waals surface area contributed by atoms with Gasteiger partial charge >= 0.3 is 0 Å². The highest BCUT2D eigenvalue weighted by Gasteiger charge is 2.21. The third-order valence-corrected chi connectivity index (χ3v) is 4.17. The summed E-state index contributed by atoms with van der Waals surface area (Å²) in [6.45, 7) is 4.64. The zero-order chi connectivity index (χ0) is 9.80. The molecule has 2 rings (SSSR count). The van der Waals surface area contributed by atoms with Gasteiger partial charge in [-0.25, -0.2) is 0 Å². The Bertz CT molecular complexity index is 163. The van der Waals surface area contributed by atoms with Crippen LogP contribution in [0.2, 0.25) is 0 Å². The van der Waals surface area contributed by atoms with E-state index in [4.69, 9.17) is 4.74 Å². The minimum absolute atomic E-state index is 0.524. The number of piperidine rings is 1. The van der Waals surface area contributed by atoms with E-state index >= 15 is 0 Å². The number of halogens is 1. The highest BCUT2D eigenvalue weighted by molar-refractivity contribution is 9.09. The SMILES string of the molecule is BrC1CCN(CC2CCCCO2)CC1. The topological polar surface area (TPSA) is 12.5 Å². The van der Waals surface area contributed by atoms with Crippen molar-refractivity contribution in [2.75, 3.05) is 26.2 Å². The van der Waals surface area contributed by atoms with Crippen molar-refractivity contribution in [3.63, 3.8) is 0 Å². The summed E-state index contributed by atoms with van der Waals surface area (Å²) in [6, 6.07) is 0. The average Bonchev–Trinajstić information content (AvgIpc) is 2.23. The number of rotatable bonds is 2. The highest BCUT2D eigenvalue weighted by atomic mass is 79.9. The first kappa shape index (κ1) is 10.9. The van der Waals surface area contributed by atoms with E-state index < -0.39 is 0 Å². The van der Waals surface area contributed by atoms with Gasteiger partial charge in [0.1, 0.15) is 0 Å². The smallest absolute Gasteiger partial charge is 0.0702 e. The Labute approximate surface area is 95.1 Å². The quantitative estimate of drug-likeness (QED) is 0.709. The van der Waals surface area contributed by atoms with Gasteiger partial charge in [-0.2, -0.15) is 0 Å². The number of ether oxygens (including phenoxy) is 1. The predicted octanol–water partition coefficient (Wildman–Crippen LogP) is 2.41. The van der Waals surface area contributed by atoms with Crippen LogP contribution in [0.5, 0.6) is 0 Å². The summed E-state index contributed by atoms with van der Waals surface area (Å²) in [5.74, 6) is 0. The number of likely N-dealkylation sites (tertiary alicyclic amines) is 1. The second-order valence-electron chi connectivity index (χ2n) is 4.46. The molecule has 3 heteroatoms. The van der Waals surface area contributed by atoms with Crippen LogP contribution in [0.25, 0.3) is 0 Å². The third kappa shape index (κ3) is 3.21. The highest BCUT2D eigenvalue weighted by Crippen LogP contribution is 2.20. The molecule has 0 aromatic carbocycles. The van der Waals surface area contributed by atoms with Gasteiger partial charge in [-0.05, 0) is 45.2 Å². The van der Waals surface area contributed by atoms with Crippen LogP contribution in [0.1, 0.15) is 32.1 Å². The van der Waals surface area contributed by atoms with Crippen LogP contribution >= 0.6 is 15.9 Å². The third-order valence-electron chi connectivity index (χ3n) is 3.25. The summed E-state index contributed by atoms with van der Waals surface area (Å²) in [5, 5.41) is 0. The predicted molar refractivity (Wildman–Crippen MR) is 62.0 cm³/mol. The summed E-state index contributed by atoms with van der Waals surface area (Å²) >= 11 is 3.68. The van der Waals surface area contributed by atoms with Crippen LogP contribution in [0.4, 0.5) is 0 Å². The van der Waals surface area contributed by atoms with Crippen LogP contribution in [-0.4, -0.2) is 42.1 Å². The molecule has 0 radical (unpaired) electrons. The van der Waals surface area contributed by atoms with E-state index in [1.807, 2.05) is 0 Å². The molecule has 0 bridgehead atoms. The maximum absolute atomic E-state index is 5.75. The van der Waals surface area contributed by atoms with Crippen molar-refractivity contribution >= 4 is 15.9 Å². The molecule has 82 valence electrons. The van der Waals surface area contributed by atoms with Crippen LogP contribution in [-0.2, 0) is 4.74 Å². The van der Waals surface area contributed by atoms with Crippen molar-refractivity contribution in [1.29, 1.82) is 0 Å². The first-order chi connectivity index (χ1) is 6.84. The van der Waals surface area contributed by atoms with Crippen LogP contribution < -0.4 is 0 Å². The van der Waals surface area contributed by atoms with E-state index in [-0.39, 0.29) is 0 Å². The van der Waals surface area contributed by atoms with E-state index in [0.717, 1.165) is 11.4 Å². The van der Waals surface area contributed by atoms with E-state index in [1.54, 1.807) is 0 Å². The molecule has 0 N–H and O–H groups in total. The molecule has 2 heterocycles. The maximum atomic E-state index is 5.75. The molecule has 1 unspecified atom stereocenters. The number of alkyl halides is 1. The molecule has 0 amide bonds. The fourth-order valence-electron chi connectivity index (χ4n) is 2.32. The Morgan fingerprint density at radius 3 is 2.57 bits per heavy atom. The summed E-state index contributed by atoms with van der Waals surface area (Å²) < 4.78 is 5.75. The Morgan fingerprint density at radius 2 is 1.93 bits per heavy atom. The van der Waals surface area contributed by atoms with Crippen LogP contribution in [0.15, 0.2) is 0 Å². The van der Waals surface area contributed by atoms with Crippen molar-refractivity contribution in [2.45, 2.75) is 43.0 Å². The average molecular weight is 262 g/mol. The zero-order valence-electron chi connectivity index (χ0n) is 8.75. The standard InChI is InChI=1S/C11H20BrNO/c12-10-4-6-13(7-5-10)9-11-3-1-2-8-14-11/h10-11H,1-9H2. The molecular formula is C11H20BrNO. The van der Waals surface area contributed by atoms with Crippen molar-refractivity contribution in [3.05, 3.63) is 0 Å². The molecule has 2 fully saturated rings. The molecule has 2 saturated heterocycles. The number of nitrogens with zero attached hydrogens (tertiary/aromatic N) is 1. The van der Waals surface area contributed by atoms with Gasteiger partial charge in [-0.1, -0.05) is 15.9 Å². The fourth-order valence-corrected chi connectivity index (χ4v) is 2.73. The lowest BCUT2D eigenvalue weighted by Crippen LogP contribution is -2.40. The van der Waals surface area contributed by atoms with Gasteiger partial charge in [0.15, 0.2) is 0 Å². The Balaban J connectivity index is 1.68. The van der Waals surface area contributed by atoms with E-state index in [0.29, 0.717) is 6.10 Å². The first-order valence-corrected chi connectivity index (χ1v) is 6.74. The first-order valence-electron chi connectivity index (χ1n) is 5.82. The monoisotopic (exact) mass is 261 g/mol. The second-order valence-corrected chi connectivity index (χ2v) is 5.76. The van der Waals surface area contributed by atoms with Gasteiger partial charge in [0, 0.05) is 18.0 Å². The van der Waals surface area contributed by atoms with Gasteiger partial charge in [0.2, 0.25) is 0 Å². The van der Waals surface area contributed by atoms with E-state index in [1.165, 1.54) is 51.7 Å². The Hall–Kier alpha value is 0.400. The van der Waals surface area contributed by atoms with Crippen molar-refractivity contribution in [1.82, 2.24) is 4.90 Å². The Kier molecular flexibility index (Phi) is 4.26. The fraction of sp³-hybridized carbons (Fsp3) is 1.00. The molecule has 2 aliphatic rings. The summed E-state index contributed by atoms with van der Waals surface area (Å²) in [5.41, 5.74) is 0. The minimum Gasteiger partial charge on any atom is -0.377 e. The van der Waals surface area contributed by atoms with Crippen LogP contribution in [0, 0.1) is 0 Å². The lowest BCUT2D eigenvalue weighted by Gasteiger charge is -2.33. The molecular weight excluding hydrogens is 242 g/mol. The lowest BCUT2D eigenvalue weighted by molar-refractivity contribution is -0.00823. The van der Waals surface area contributed by atoms with Crippen molar-refractivity contribution < 1.29 is 4.74 Å². The number of hydrogen-bond donors (Lipinski definition) is 0. The van der Waals surface area contributed by atoms with E-state index in [2.05, 4.69) is 20.8 Å². The summed E-state index contributed by atoms with van der Waals surface area (Å²) in [6.07, 6.45) is 7.02. The molecule has 1 atom stereocenters. The van der Waals surface area contributed by atoms with Gasteiger partial charge in [0.25, 0.3) is 0 Å². The van der Waals surface area contributed by atoms with Gasteiger partial charge in [-0.3, -0.25) is 0 Å². The molecule has 2 nitrogen and oxygen atoms in total. The van der Waals surface area contributed by atoms with Crippen molar-refractivity contribution in [3.8, 4) is 0 Å². The molecule has 0 saturated carbocycles. The van der Waals surface area contributed by atoms with Crippen LogP contribution in [0.3, 0.4) is 0 Å². The molecule has 0 aromatic heterocycles. The zero-order valence-corrected chi connectivity index (χ0v) is 10.3.